The predicted molar refractivity (Wildman–Crippen MR) is 110 cm³/mol. The highest BCUT2D eigenvalue weighted by atomic mass is 32.2. The van der Waals surface area contributed by atoms with Crippen LogP contribution in [0.3, 0.4) is 0 Å². The number of carbonyl (C=O) groups excluding carboxylic acids is 1. The fourth-order valence-corrected chi connectivity index (χ4v) is 3.92. The Bertz CT molecular complexity index is 1080. The molecule has 8 heteroatoms. The highest BCUT2D eigenvalue weighted by molar-refractivity contribution is 7.98. The molecular weight excluding hydrogens is 376 g/mol. The molecule has 0 radical (unpaired) electrons. The number of methoxy groups -OCH3 is 1. The van der Waals surface area contributed by atoms with Crippen LogP contribution in [0.25, 0.3) is 10.9 Å². The van der Waals surface area contributed by atoms with Gasteiger partial charge in [0.2, 0.25) is 0 Å². The number of hydrogen-bond donors (Lipinski definition) is 1. The number of fused-ring (bicyclic) bond motifs is 1. The molecule has 0 aliphatic rings. The molecule has 0 atom stereocenters. The van der Waals surface area contributed by atoms with Crippen LogP contribution in [-0.4, -0.2) is 32.6 Å². The molecule has 7 nitrogen and oxygen atoms in total. The molecule has 0 aliphatic heterocycles. The number of aryl methyl sites for hydroxylation is 1. The van der Waals surface area contributed by atoms with E-state index in [0.29, 0.717) is 34.0 Å². The third-order valence-electron chi connectivity index (χ3n) is 4.49. The van der Waals surface area contributed by atoms with Gasteiger partial charge in [-0.05, 0) is 38.0 Å². The van der Waals surface area contributed by atoms with Gasteiger partial charge in [0.25, 0.3) is 5.56 Å². The van der Waals surface area contributed by atoms with Crippen molar-refractivity contribution in [3.63, 3.8) is 0 Å². The number of aromatic nitrogens is 4. The van der Waals surface area contributed by atoms with Gasteiger partial charge in [0.05, 0.1) is 35.0 Å². The average molecular weight is 401 g/mol. The van der Waals surface area contributed by atoms with Crippen molar-refractivity contribution in [3.8, 4) is 0 Å². The molecule has 2 aromatic heterocycles. The summed E-state index contributed by atoms with van der Waals surface area (Å²) < 4.78 is 6.95. The first-order chi connectivity index (χ1) is 13.3. The van der Waals surface area contributed by atoms with Gasteiger partial charge >= 0.3 is 5.97 Å². The van der Waals surface area contributed by atoms with E-state index in [-0.39, 0.29) is 5.56 Å². The van der Waals surface area contributed by atoms with Crippen molar-refractivity contribution in [3.05, 3.63) is 51.3 Å². The summed E-state index contributed by atoms with van der Waals surface area (Å²) in [6, 6.07) is 4.73. The summed E-state index contributed by atoms with van der Waals surface area (Å²) in [5, 5.41) is 1.35. The molecule has 0 unspecified atom stereocenters. The van der Waals surface area contributed by atoms with Crippen molar-refractivity contribution >= 4 is 28.6 Å². The van der Waals surface area contributed by atoms with Crippen molar-refractivity contribution in [1.29, 1.82) is 0 Å². The Hall–Kier alpha value is -2.61. The highest BCUT2D eigenvalue weighted by Crippen LogP contribution is 2.25. The quantitative estimate of drug-likeness (QED) is 0.503. The minimum absolute atomic E-state index is 0.227. The number of carbonyl (C=O) groups is 1. The maximum atomic E-state index is 12.4. The molecule has 0 amide bonds. The van der Waals surface area contributed by atoms with E-state index in [2.05, 4.69) is 40.3 Å². The van der Waals surface area contributed by atoms with E-state index < -0.39 is 5.97 Å². The third kappa shape index (κ3) is 4.11. The lowest BCUT2D eigenvalue weighted by molar-refractivity contribution is 0.0601. The number of benzene rings is 1. The number of nitrogens with one attached hydrogen (secondary N) is 1. The molecule has 0 bridgehead atoms. The standard InChI is InChI=1S/C20H24N4O3S/c1-11(2)9-24-13(4)12(3)21-20(24)28-10-17-22-16-8-14(19(26)27-5)6-7-15(16)18(25)23-17/h6-8,11H,9-10H2,1-5H3,(H,22,23,25). The summed E-state index contributed by atoms with van der Waals surface area (Å²) in [5.74, 6) is 1.06. The number of aromatic amines is 1. The van der Waals surface area contributed by atoms with Gasteiger partial charge in [0.1, 0.15) is 5.82 Å². The summed E-state index contributed by atoms with van der Waals surface area (Å²) in [6.07, 6.45) is 0. The summed E-state index contributed by atoms with van der Waals surface area (Å²) in [5.41, 5.74) is 2.77. The molecule has 0 spiro atoms. The number of ether oxygens (including phenoxy) is 1. The number of H-pyrrole nitrogens is 1. The monoisotopic (exact) mass is 400 g/mol. The Kier molecular flexibility index (Phi) is 5.88. The van der Waals surface area contributed by atoms with E-state index in [1.807, 2.05) is 6.92 Å². The van der Waals surface area contributed by atoms with Gasteiger partial charge in [0, 0.05) is 12.2 Å². The van der Waals surface area contributed by atoms with Crippen LogP contribution in [0.4, 0.5) is 0 Å². The van der Waals surface area contributed by atoms with E-state index in [4.69, 9.17) is 4.74 Å². The fourth-order valence-electron chi connectivity index (χ4n) is 2.95. The molecule has 3 aromatic rings. The first-order valence-electron chi connectivity index (χ1n) is 9.08. The second-order valence-corrected chi connectivity index (χ2v) is 8.04. The maximum Gasteiger partial charge on any atom is 0.337 e. The van der Waals surface area contributed by atoms with E-state index >= 15 is 0 Å². The van der Waals surface area contributed by atoms with E-state index in [0.717, 1.165) is 23.1 Å². The molecule has 0 aliphatic carbocycles. The van der Waals surface area contributed by atoms with Crippen LogP contribution in [0.1, 0.15) is 41.4 Å². The molecule has 148 valence electrons. The SMILES string of the molecule is COC(=O)c1ccc2c(=O)[nH]c(CSc3nc(C)c(C)n3CC(C)C)nc2c1. The lowest BCUT2D eigenvalue weighted by Crippen LogP contribution is -2.13. The topological polar surface area (TPSA) is 89.9 Å². The number of hydrogen-bond acceptors (Lipinski definition) is 6. The Morgan fingerprint density at radius 3 is 2.71 bits per heavy atom. The lowest BCUT2D eigenvalue weighted by Gasteiger charge is -2.12. The zero-order chi connectivity index (χ0) is 20.4. The Labute approximate surface area is 167 Å². The zero-order valence-corrected chi connectivity index (χ0v) is 17.5. The van der Waals surface area contributed by atoms with Gasteiger partial charge in [-0.1, -0.05) is 25.6 Å². The molecule has 2 heterocycles. The number of esters is 1. The molecule has 1 N–H and O–H groups in total. The summed E-state index contributed by atoms with van der Waals surface area (Å²) >= 11 is 1.54. The van der Waals surface area contributed by atoms with Crippen LogP contribution in [0.15, 0.2) is 28.2 Å². The van der Waals surface area contributed by atoms with Crippen molar-refractivity contribution in [1.82, 2.24) is 19.5 Å². The lowest BCUT2D eigenvalue weighted by atomic mass is 10.1. The van der Waals surface area contributed by atoms with Crippen molar-refractivity contribution < 1.29 is 9.53 Å². The van der Waals surface area contributed by atoms with Crippen molar-refractivity contribution in [2.24, 2.45) is 5.92 Å². The van der Waals surface area contributed by atoms with Crippen LogP contribution in [-0.2, 0) is 17.0 Å². The van der Waals surface area contributed by atoms with Gasteiger partial charge in [-0.3, -0.25) is 4.79 Å². The molecule has 3 rings (SSSR count). The first-order valence-corrected chi connectivity index (χ1v) is 10.1. The van der Waals surface area contributed by atoms with Crippen LogP contribution in [0, 0.1) is 19.8 Å². The van der Waals surface area contributed by atoms with Gasteiger partial charge < -0.3 is 14.3 Å². The van der Waals surface area contributed by atoms with Gasteiger partial charge in [-0.15, -0.1) is 0 Å². The third-order valence-corrected chi connectivity index (χ3v) is 5.47. The molecule has 0 saturated heterocycles. The van der Waals surface area contributed by atoms with Gasteiger partial charge in [-0.2, -0.15) is 0 Å². The van der Waals surface area contributed by atoms with Crippen molar-refractivity contribution in [2.75, 3.05) is 7.11 Å². The molecular formula is C20H24N4O3S. The normalized spacial score (nSPS) is 11.4. The van der Waals surface area contributed by atoms with Crippen LogP contribution in [0.5, 0.6) is 0 Å². The fraction of sp³-hybridized carbons (Fsp3) is 0.400. The second kappa shape index (κ2) is 8.18. The molecule has 0 saturated carbocycles. The average Bonchev–Trinajstić information content (AvgIpc) is 2.92. The van der Waals surface area contributed by atoms with Gasteiger partial charge in [-0.25, -0.2) is 14.8 Å². The molecule has 1 aromatic carbocycles. The van der Waals surface area contributed by atoms with E-state index in [1.165, 1.54) is 18.9 Å². The Morgan fingerprint density at radius 1 is 1.29 bits per heavy atom. The van der Waals surface area contributed by atoms with Crippen LogP contribution >= 0.6 is 11.8 Å². The predicted octanol–water partition coefficient (Wildman–Crippen LogP) is 3.47. The maximum absolute atomic E-state index is 12.4. The number of nitrogens with zero attached hydrogens (tertiary/aromatic N) is 3. The smallest absolute Gasteiger partial charge is 0.337 e. The highest BCUT2D eigenvalue weighted by Gasteiger charge is 2.14. The summed E-state index contributed by atoms with van der Waals surface area (Å²) in [7, 11) is 1.32. The molecule has 28 heavy (non-hydrogen) atoms. The number of rotatable bonds is 6. The Morgan fingerprint density at radius 2 is 2.04 bits per heavy atom. The zero-order valence-electron chi connectivity index (χ0n) is 16.7. The summed E-state index contributed by atoms with van der Waals surface area (Å²) in [6.45, 7) is 9.30. The summed E-state index contributed by atoms with van der Waals surface area (Å²) in [4.78, 5) is 36.1. The first kappa shape index (κ1) is 20.1. The van der Waals surface area contributed by atoms with Crippen LogP contribution in [0.2, 0.25) is 0 Å². The minimum Gasteiger partial charge on any atom is -0.465 e. The second-order valence-electron chi connectivity index (χ2n) is 7.09. The molecule has 0 fully saturated rings. The number of imidazole rings is 1. The number of thioether (sulfide) groups is 1. The van der Waals surface area contributed by atoms with Gasteiger partial charge in [0.15, 0.2) is 5.16 Å². The van der Waals surface area contributed by atoms with Crippen LogP contribution < -0.4 is 5.56 Å². The van der Waals surface area contributed by atoms with E-state index in [9.17, 15) is 9.59 Å². The minimum atomic E-state index is -0.457. The van der Waals surface area contributed by atoms with Crippen molar-refractivity contribution in [2.45, 2.75) is 45.1 Å². The van der Waals surface area contributed by atoms with E-state index in [1.54, 1.807) is 18.2 Å². The largest absolute Gasteiger partial charge is 0.465 e. The Balaban J connectivity index is 1.90.